The number of rotatable bonds is 3. The summed E-state index contributed by atoms with van der Waals surface area (Å²) < 4.78 is 24.5. The van der Waals surface area contributed by atoms with Gasteiger partial charge in [0.05, 0.1) is 5.25 Å². The van der Waals surface area contributed by atoms with Gasteiger partial charge >= 0.3 is 0 Å². The first-order valence-corrected chi connectivity index (χ1v) is 9.19. The summed E-state index contributed by atoms with van der Waals surface area (Å²) in [6.45, 7) is 5.18. The fraction of sp³-hybridized carbons (Fsp3) is 0.929. The van der Waals surface area contributed by atoms with E-state index in [0.29, 0.717) is 25.9 Å². The Morgan fingerprint density at radius 3 is 2.33 bits per heavy atom. The van der Waals surface area contributed by atoms with Gasteiger partial charge in [0.15, 0.2) is 9.84 Å². The van der Waals surface area contributed by atoms with Gasteiger partial charge in [-0.3, -0.25) is 4.79 Å². The van der Waals surface area contributed by atoms with Crippen LogP contribution in [0.1, 0.15) is 46.0 Å². The molecule has 1 aliphatic carbocycles. The van der Waals surface area contributed by atoms with Crippen molar-refractivity contribution in [3.63, 3.8) is 0 Å². The van der Waals surface area contributed by atoms with E-state index < -0.39 is 9.84 Å². The van der Waals surface area contributed by atoms with Crippen molar-refractivity contribution in [1.29, 1.82) is 0 Å². The molecule has 1 saturated heterocycles. The molecule has 0 aromatic heterocycles. The topological polar surface area (TPSA) is 80.5 Å². The molecule has 5 nitrogen and oxygen atoms in total. The zero-order valence-corrected chi connectivity index (χ0v) is 14.5. The number of carbonyl (C=O) groups is 1. The zero-order valence-electron chi connectivity index (χ0n) is 12.9. The van der Waals surface area contributed by atoms with Crippen LogP contribution in [0, 0.1) is 5.41 Å². The Morgan fingerprint density at radius 1 is 1.24 bits per heavy atom. The van der Waals surface area contributed by atoms with E-state index >= 15 is 0 Å². The van der Waals surface area contributed by atoms with E-state index in [1.54, 1.807) is 4.90 Å². The summed E-state index contributed by atoms with van der Waals surface area (Å²) in [4.78, 5) is 13.9. The minimum absolute atomic E-state index is 0. The molecule has 21 heavy (non-hydrogen) atoms. The van der Waals surface area contributed by atoms with Crippen LogP contribution in [-0.2, 0) is 14.6 Å². The zero-order chi connectivity index (χ0) is 15.0. The van der Waals surface area contributed by atoms with Gasteiger partial charge in [0.25, 0.3) is 0 Å². The lowest BCUT2D eigenvalue weighted by atomic mass is 9.80. The summed E-state index contributed by atoms with van der Waals surface area (Å²) in [7, 11) is -3.28. The molecule has 1 aliphatic heterocycles. The van der Waals surface area contributed by atoms with Gasteiger partial charge in [-0.05, 0) is 24.7 Å². The number of amides is 1. The van der Waals surface area contributed by atoms with E-state index in [9.17, 15) is 13.2 Å². The number of hydrogen-bond acceptors (Lipinski definition) is 4. The second kappa shape index (κ2) is 6.84. The first-order valence-electron chi connectivity index (χ1n) is 7.47. The highest BCUT2D eigenvalue weighted by Crippen LogP contribution is 2.29. The predicted octanol–water partition coefficient (Wildman–Crippen LogP) is 1.35. The molecular formula is C14H27ClN2O3S. The quantitative estimate of drug-likeness (QED) is 0.842. The van der Waals surface area contributed by atoms with E-state index in [1.807, 2.05) is 13.8 Å². The van der Waals surface area contributed by atoms with Gasteiger partial charge in [-0.2, -0.15) is 0 Å². The number of halogens is 1. The number of nitrogens with two attached hydrogens (primary N) is 1. The smallest absolute Gasteiger partial charge is 0.237 e. The van der Waals surface area contributed by atoms with Gasteiger partial charge in [-0.15, -0.1) is 12.4 Å². The van der Waals surface area contributed by atoms with Crippen LogP contribution in [0.3, 0.4) is 0 Å². The molecule has 1 unspecified atom stereocenters. The Labute approximate surface area is 134 Å². The summed E-state index contributed by atoms with van der Waals surface area (Å²) in [6, 6.07) is 0.0676. The SMILES string of the molecule is CC1(C)CN(C(=O)CS(=O)(=O)C2CCCC2)CCC1N.Cl. The Hall–Kier alpha value is -0.330. The number of nitrogens with zero attached hydrogens (tertiary/aromatic N) is 1. The summed E-state index contributed by atoms with van der Waals surface area (Å²) in [5.74, 6) is -0.583. The highest BCUT2D eigenvalue weighted by molar-refractivity contribution is 7.92. The fourth-order valence-electron chi connectivity index (χ4n) is 3.22. The Bertz CT molecular complexity index is 473. The lowest BCUT2D eigenvalue weighted by Gasteiger charge is -2.42. The fourth-order valence-corrected chi connectivity index (χ4v) is 5.03. The summed E-state index contributed by atoms with van der Waals surface area (Å²) in [5.41, 5.74) is 5.90. The third kappa shape index (κ3) is 4.33. The van der Waals surface area contributed by atoms with Crippen LogP contribution in [0.5, 0.6) is 0 Å². The van der Waals surface area contributed by atoms with Crippen molar-refractivity contribution in [3.8, 4) is 0 Å². The van der Waals surface area contributed by atoms with Gasteiger partial charge in [0.1, 0.15) is 5.75 Å². The summed E-state index contributed by atoms with van der Waals surface area (Å²) in [5, 5.41) is -0.300. The van der Waals surface area contributed by atoms with Crippen LogP contribution in [0.4, 0.5) is 0 Å². The van der Waals surface area contributed by atoms with Crippen LogP contribution in [0.2, 0.25) is 0 Å². The normalized spacial score (nSPS) is 26.4. The first kappa shape index (κ1) is 18.7. The molecule has 1 atom stereocenters. The van der Waals surface area contributed by atoms with Crippen molar-refractivity contribution >= 4 is 28.2 Å². The van der Waals surface area contributed by atoms with E-state index in [1.165, 1.54) is 0 Å². The largest absolute Gasteiger partial charge is 0.341 e. The van der Waals surface area contributed by atoms with Gasteiger partial charge < -0.3 is 10.6 Å². The predicted molar refractivity (Wildman–Crippen MR) is 86.2 cm³/mol. The number of piperidine rings is 1. The number of likely N-dealkylation sites (tertiary alicyclic amines) is 1. The highest BCUT2D eigenvalue weighted by atomic mass is 35.5. The molecule has 1 amide bonds. The average Bonchev–Trinajstić information content (AvgIpc) is 2.86. The number of sulfone groups is 1. The monoisotopic (exact) mass is 338 g/mol. The van der Waals surface area contributed by atoms with Gasteiger partial charge in [-0.1, -0.05) is 26.7 Å². The van der Waals surface area contributed by atoms with Crippen molar-refractivity contribution in [2.24, 2.45) is 11.1 Å². The van der Waals surface area contributed by atoms with Crippen LogP contribution in [0.25, 0.3) is 0 Å². The number of carbonyl (C=O) groups excluding carboxylic acids is 1. The molecule has 0 radical (unpaired) electrons. The lowest BCUT2D eigenvalue weighted by Crippen LogP contribution is -2.55. The standard InChI is InChI=1S/C14H26N2O3S.ClH/c1-14(2)10-16(8-7-12(14)15)13(17)9-20(18,19)11-5-3-4-6-11;/h11-12H,3-10,15H2,1-2H3;1H. The number of hydrogen-bond donors (Lipinski definition) is 1. The van der Waals surface area contributed by atoms with Crippen molar-refractivity contribution in [2.45, 2.75) is 57.2 Å². The lowest BCUT2D eigenvalue weighted by molar-refractivity contribution is -0.131. The molecule has 2 N–H and O–H groups in total. The van der Waals surface area contributed by atoms with Crippen molar-refractivity contribution in [2.75, 3.05) is 18.8 Å². The van der Waals surface area contributed by atoms with Crippen LogP contribution in [-0.4, -0.2) is 49.4 Å². The van der Waals surface area contributed by atoms with Crippen molar-refractivity contribution in [1.82, 2.24) is 4.90 Å². The van der Waals surface area contributed by atoms with Crippen LogP contribution >= 0.6 is 12.4 Å². The molecule has 1 saturated carbocycles. The Kier molecular flexibility index (Phi) is 6.09. The molecule has 0 aromatic carbocycles. The maximum absolute atomic E-state index is 12.3. The molecule has 124 valence electrons. The Morgan fingerprint density at radius 2 is 1.81 bits per heavy atom. The minimum atomic E-state index is -3.28. The molecule has 2 rings (SSSR count). The second-order valence-corrected chi connectivity index (χ2v) is 9.19. The molecule has 7 heteroatoms. The Balaban J connectivity index is 0.00000220. The van der Waals surface area contributed by atoms with Gasteiger partial charge in [-0.25, -0.2) is 8.42 Å². The average molecular weight is 339 g/mol. The molecule has 0 aromatic rings. The third-order valence-corrected chi connectivity index (χ3v) is 6.94. The minimum Gasteiger partial charge on any atom is -0.341 e. The maximum Gasteiger partial charge on any atom is 0.237 e. The maximum atomic E-state index is 12.3. The molecule has 1 heterocycles. The van der Waals surface area contributed by atoms with E-state index in [2.05, 4.69) is 0 Å². The van der Waals surface area contributed by atoms with Crippen LogP contribution < -0.4 is 5.73 Å². The molecule has 0 spiro atoms. The van der Waals surface area contributed by atoms with E-state index in [0.717, 1.165) is 19.3 Å². The first-order chi connectivity index (χ1) is 9.22. The molecule has 0 bridgehead atoms. The molecular weight excluding hydrogens is 312 g/mol. The summed E-state index contributed by atoms with van der Waals surface area (Å²) >= 11 is 0. The van der Waals surface area contributed by atoms with Gasteiger partial charge in [0.2, 0.25) is 5.91 Å². The van der Waals surface area contributed by atoms with Crippen LogP contribution in [0.15, 0.2) is 0 Å². The third-order valence-electron chi connectivity index (χ3n) is 4.80. The van der Waals surface area contributed by atoms with E-state index in [-0.39, 0.29) is 40.8 Å². The highest BCUT2D eigenvalue weighted by Gasteiger charge is 2.38. The second-order valence-electron chi connectivity index (χ2n) is 6.91. The van der Waals surface area contributed by atoms with Gasteiger partial charge in [0, 0.05) is 19.1 Å². The van der Waals surface area contributed by atoms with Crippen molar-refractivity contribution < 1.29 is 13.2 Å². The summed E-state index contributed by atoms with van der Waals surface area (Å²) in [6.07, 6.45) is 4.09. The van der Waals surface area contributed by atoms with E-state index in [4.69, 9.17) is 5.73 Å². The molecule has 2 fully saturated rings. The molecule has 2 aliphatic rings. The van der Waals surface area contributed by atoms with Crippen molar-refractivity contribution in [3.05, 3.63) is 0 Å².